The molecule has 0 spiro atoms. The van der Waals surface area contributed by atoms with Crippen LogP contribution >= 0.6 is 11.3 Å². The Kier molecular flexibility index (Phi) is 6.21. The Bertz CT molecular complexity index is 1120. The summed E-state index contributed by atoms with van der Waals surface area (Å²) in [6, 6.07) is 7.35. The predicted molar refractivity (Wildman–Crippen MR) is 110 cm³/mol. The third-order valence-corrected chi connectivity index (χ3v) is 5.58. The molecule has 0 fully saturated rings. The summed E-state index contributed by atoms with van der Waals surface area (Å²) in [5.41, 5.74) is 1.86. The lowest BCUT2D eigenvalue weighted by Crippen LogP contribution is -2.27. The zero-order chi connectivity index (χ0) is 22.9. The van der Waals surface area contributed by atoms with Gasteiger partial charge in [-0.1, -0.05) is 24.3 Å². The highest BCUT2D eigenvalue weighted by atomic mass is 32.1. The summed E-state index contributed by atoms with van der Waals surface area (Å²) < 4.78 is 45.5. The van der Waals surface area contributed by atoms with Gasteiger partial charge in [0, 0.05) is 24.1 Å². The van der Waals surface area contributed by atoms with Crippen LogP contribution in [0.25, 0.3) is 0 Å². The molecule has 0 saturated carbocycles. The van der Waals surface area contributed by atoms with Crippen LogP contribution in [0.5, 0.6) is 11.6 Å². The maximum absolute atomic E-state index is 12.9. The van der Waals surface area contributed by atoms with E-state index in [1.54, 1.807) is 45.2 Å². The molecule has 0 aliphatic carbocycles. The molecule has 164 valence electrons. The number of benzene rings is 1. The molecule has 0 saturated heterocycles. The van der Waals surface area contributed by atoms with Crippen molar-refractivity contribution in [3.63, 3.8) is 0 Å². The molecule has 1 aromatic carbocycles. The second-order valence-corrected chi connectivity index (χ2v) is 7.92. The molecule has 1 amide bonds. The Balaban J connectivity index is 1.81. The SMILES string of the molecule is CC(=O)c1ccc([C@H](C)NC(=O)c2c(C)nn(C)c2Oc2csc(C(F)(F)F)c2)cc1. The number of amides is 1. The summed E-state index contributed by atoms with van der Waals surface area (Å²) in [4.78, 5) is 23.6. The molecular formula is C21H20F3N3O3S. The molecule has 0 bridgehead atoms. The van der Waals surface area contributed by atoms with E-state index < -0.39 is 17.0 Å². The summed E-state index contributed by atoms with van der Waals surface area (Å²) in [7, 11) is 1.54. The minimum absolute atomic E-state index is 0.0257. The van der Waals surface area contributed by atoms with Crippen LogP contribution in [0.15, 0.2) is 35.7 Å². The molecule has 1 atom stereocenters. The topological polar surface area (TPSA) is 73.2 Å². The molecule has 2 aromatic heterocycles. The molecule has 31 heavy (non-hydrogen) atoms. The first-order chi connectivity index (χ1) is 14.5. The van der Waals surface area contributed by atoms with Crippen molar-refractivity contribution in [3.05, 3.63) is 63.0 Å². The van der Waals surface area contributed by atoms with Crippen molar-refractivity contribution in [2.45, 2.75) is 33.0 Å². The molecule has 6 nitrogen and oxygen atoms in total. The number of thiophene rings is 1. The van der Waals surface area contributed by atoms with Crippen LogP contribution in [0.2, 0.25) is 0 Å². The standard InChI is InChI=1S/C21H20F3N3O3S/c1-11(14-5-7-15(8-6-14)13(3)28)25-19(29)18-12(2)26-27(4)20(18)30-16-9-17(31-10-16)21(22,23)24/h5-11H,1-4H3,(H,25,29)/t11-/m0/s1. The third-order valence-electron chi connectivity index (χ3n) is 4.63. The van der Waals surface area contributed by atoms with E-state index in [1.807, 2.05) is 0 Å². The second-order valence-electron chi connectivity index (χ2n) is 7.01. The number of aryl methyl sites for hydroxylation is 2. The third kappa shape index (κ3) is 4.96. The largest absolute Gasteiger partial charge is 0.438 e. The van der Waals surface area contributed by atoms with Gasteiger partial charge in [0.15, 0.2) is 5.78 Å². The highest BCUT2D eigenvalue weighted by Gasteiger charge is 2.33. The van der Waals surface area contributed by atoms with Gasteiger partial charge in [0.1, 0.15) is 16.2 Å². The van der Waals surface area contributed by atoms with Gasteiger partial charge in [-0.25, -0.2) is 4.68 Å². The minimum Gasteiger partial charge on any atom is -0.438 e. The highest BCUT2D eigenvalue weighted by molar-refractivity contribution is 7.10. The van der Waals surface area contributed by atoms with Gasteiger partial charge in [-0.15, -0.1) is 11.3 Å². The molecule has 1 N–H and O–H groups in total. The lowest BCUT2D eigenvalue weighted by Gasteiger charge is -2.15. The molecule has 0 aliphatic heterocycles. The number of ketones is 1. The van der Waals surface area contributed by atoms with Crippen molar-refractivity contribution in [2.24, 2.45) is 7.05 Å². The van der Waals surface area contributed by atoms with E-state index in [4.69, 9.17) is 4.74 Å². The number of nitrogens with one attached hydrogen (secondary N) is 1. The number of carbonyl (C=O) groups excluding carboxylic acids is 2. The first kappa shape index (κ1) is 22.5. The van der Waals surface area contributed by atoms with E-state index in [0.717, 1.165) is 11.6 Å². The second kappa shape index (κ2) is 8.54. The molecule has 10 heteroatoms. The van der Waals surface area contributed by atoms with Gasteiger partial charge < -0.3 is 10.1 Å². The quantitative estimate of drug-likeness (QED) is 0.517. The van der Waals surface area contributed by atoms with Crippen LogP contribution < -0.4 is 10.1 Å². The van der Waals surface area contributed by atoms with Crippen molar-refractivity contribution >= 4 is 23.0 Å². The molecule has 0 unspecified atom stereocenters. The zero-order valence-electron chi connectivity index (χ0n) is 17.2. The predicted octanol–water partition coefficient (Wildman–Crippen LogP) is 5.29. The van der Waals surface area contributed by atoms with E-state index >= 15 is 0 Å². The number of hydrogen-bond acceptors (Lipinski definition) is 5. The van der Waals surface area contributed by atoms with E-state index in [2.05, 4.69) is 10.4 Å². The van der Waals surface area contributed by atoms with Crippen molar-refractivity contribution < 1.29 is 27.5 Å². The molecule has 3 aromatic rings. The van der Waals surface area contributed by atoms with Crippen LogP contribution in [-0.2, 0) is 13.2 Å². The number of hydrogen-bond donors (Lipinski definition) is 1. The van der Waals surface area contributed by atoms with Crippen molar-refractivity contribution in [3.8, 4) is 11.6 Å². The number of aromatic nitrogens is 2. The van der Waals surface area contributed by atoms with Gasteiger partial charge in [0.05, 0.1) is 11.7 Å². The number of Topliss-reactive ketones (excluding diaryl/α,β-unsaturated/α-hetero) is 1. The summed E-state index contributed by atoms with van der Waals surface area (Å²) in [5.74, 6) is -0.518. The van der Waals surface area contributed by atoms with Crippen LogP contribution in [0.1, 0.15) is 56.7 Å². The summed E-state index contributed by atoms with van der Waals surface area (Å²) in [6.07, 6.45) is -4.47. The van der Waals surface area contributed by atoms with Crippen LogP contribution in [0.4, 0.5) is 13.2 Å². The molecule has 2 heterocycles. The maximum Gasteiger partial charge on any atom is 0.425 e. The van der Waals surface area contributed by atoms with Gasteiger partial charge in [0.2, 0.25) is 5.88 Å². The van der Waals surface area contributed by atoms with E-state index in [1.165, 1.54) is 17.0 Å². The van der Waals surface area contributed by atoms with Crippen molar-refractivity contribution in [1.29, 1.82) is 0 Å². The molecular weight excluding hydrogens is 431 g/mol. The average Bonchev–Trinajstić information content (AvgIpc) is 3.26. The van der Waals surface area contributed by atoms with Crippen LogP contribution in [-0.4, -0.2) is 21.5 Å². The lowest BCUT2D eigenvalue weighted by molar-refractivity contribution is -0.134. The molecule has 3 rings (SSSR count). The number of halogens is 3. The highest BCUT2D eigenvalue weighted by Crippen LogP contribution is 2.38. The fourth-order valence-corrected chi connectivity index (χ4v) is 3.68. The van der Waals surface area contributed by atoms with Crippen LogP contribution in [0, 0.1) is 6.92 Å². The van der Waals surface area contributed by atoms with Gasteiger partial charge in [-0.2, -0.15) is 18.3 Å². The Hall–Kier alpha value is -3.14. The van der Waals surface area contributed by atoms with E-state index in [9.17, 15) is 22.8 Å². The minimum atomic E-state index is -4.47. The smallest absolute Gasteiger partial charge is 0.425 e. The van der Waals surface area contributed by atoms with Gasteiger partial charge >= 0.3 is 6.18 Å². The van der Waals surface area contributed by atoms with Crippen molar-refractivity contribution in [1.82, 2.24) is 15.1 Å². The van der Waals surface area contributed by atoms with E-state index in [0.29, 0.717) is 22.6 Å². The molecule has 0 radical (unpaired) electrons. The van der Waals surface area contributed by atoms with Gasteiger partial charge in [-0.3, -0.25) is 9.59 Å². The van der Waals surface area contributed by atoms with Crippen LogP contribution in [0.3, 0.4) is 0 Å². The first-order valence-corrected chi connectivity index (χ1v) is 10.1. The monoisotopic (exact) mass is 451 g/mol. The van der Waals surface area contributed by atoms with E-state index in [-0.39, 0.29) is 29.0 Å². The summed E-state index contributed by atoms with van der Waals surface area (Å²) in [6.45, 7) is 4.86. The number of nitrogens with zero attached hydrogens (tertiary/aromatic N) is 2. The number of alkyl halides is 3. The average molecular weight is 451 g/mol. The lowest BCUT2D eigenvalue weighted by atomic mass is 10.0. The van der Waals surface area contributed by atoms with Gasteiger partial charge in [0.25, 0.3) is 5.91 Å². The number of ether oxygens (including phenoxy) is 1. The number of carbonyl (C=O) groups is 2. The Morgan fingerprint density at radius 2 is 1.87 bits per heavy atom. The summed E-state index contributed by atoms with van der Waals surface area (Å²) >= 11 is 0.509. The first-order valence-electron chi connectivity index (χ1n) is 9.26. The molecule has 0 aliphatic rings. The zero-order valence-corrected chi connectivity index (χ0v) is 18.0. The van der Waals surface area contributed by atoms with Crippen molar-refractivity contribution in [2.75, 3.05) is 0 Å². The Morgan fingerprint density at radius 3 is 2.42 bits per heavy atom. The van der Waals surface area contributed by atoms with Gasteiger partial charge in [-0.05, 0) is 26.3 Å². The fourth-order valence-electron chi connectivity index (χ4n) is 3.01. The maximum atomic E-state index is 12.9. The normalized spacial score (nSPS) is 12.5. The number of rotatable bonds is 6. The fraction of sp³-hybridized carbons (Fsp3) is 0.286. The Morgan fingerprint density at radius 1 is 1.23 bits per heavy atom. The summed E-state index contributed by atoms with van der Waals surface area (Å²) in [5, 5.41) is 8.23. The Labute approximate surface area is 180 Å².